The van der Waals surface area contributed by atoms with Gasteiger partial charge in [0, 0.05) is 30.1 Å². The van der Waals surface area contributed by atoms with Gasteiger partial charge >= 0.3 is 0 Å². The number of amides is 7. The van der Waals surface area contributed by atoms with Crippen LogP contribution in [0.15, 0.2) is 35.5 Å². The highest BCUT2D eigenvalue weighted by molar-refractivity contribution is 5.99. The van der Waals surface area contributed by atoms with Crippen molar-refractivity contribution in [3.63, 3.8) is 0 Å². The van der Waals surface area contributed by atoms with Crippen LogP contribution < -0.4 is 49.1 Å². The van der Waals surface area contributed by atoms with Gasteiger partial charge in [0.1, 0.15) is 36.3 Å². The van der Waals surface area contributed by atoms with E-state index in [4.69, 9.17) is 17.2 Å². The normalized spacial score (nSPS) is 23.6. The van der Waals surface area contributed by atoms with E-state index >= 15 is 0 Å². The zero-order chi connectivity index (χ0) is 42.4. The molecule has 1 fully saturated rings. The van der Waals surface area contributed by atoms with E-state index in [2.05, 4.69) is 41.9 Å². The first-order valence-electron chi connectivity index (χ1n) is 19.6. The fourth-order valence-electron chi connectivity index (χ4n) is 6.62. The van der Waals surface area contributed by atoms with E-state index in [1.807, 2.05) is 58.9 Å². The standard InChI is InChI=1S/C39H61N11O7/c1-7-22(6)32-38(57)49-30(18-31(40)51)36(55)45-26(13-10-14-43-39(41)42)33(52)48-29(17-23-19-44-25-12-9-8-11-24(23)25)35(54)46-27(15-20(2)3)34(53)47-28(16-21(4)5)37(56)50-32/h8-9,11-12,19-22,26-30,32,44H,7,10,13-18H2,1-6H3,(H2,40,51)(H,45,55)(H,46,54)(H,47,53)(H,48,52)(H,49,57)(H,50,56)(H4,41,42,43)/t22-,26-,27+,28-,29+,30+,32+/m1/s1. The van der Waals surface area contributed by atoms with Crippen LogP contribution in [-0.4, -0.2) is 95.1 Å². The molecule has 18 nitrogen and oxygen atoms in total. The van der Waals surface area contributed by atoms with Gasteiger partial charge in [0.05, 0.1) is 6.42 Å². The highest BCUT2D eigenvalue weighted by Crippen LogP contribution is 2.20. The van der Waals surface area contributed by atoms with Gasteiger partial charge in [-0.05, 0) is 55.1 Å². The van der Waals surface area contributed by atoms with Gasteiger partial charge in [0.2, 0.25) is 41.4 Å². The van der Waals surface area contributed by atoms with Crippen LogP contribution in [0.25, 0.3) is 10.9 Å². The summed E-state index contributed by atoms with van der Waals surface area (Å²) in [4.78, 5) is 104. The molecule has 3 rings (SSSR count). The highest BCUT2D eigenvalue weighted by Gasteiger charge is 2.37. The number of fused-ring (bicyclic) bond motifs is 1. The second-order valence-electron chi connectivity index (χ2n) is 15.6. The Morgan fingerprint density at radius 3 is 1.77 bits per heavy atom. The number of nitrogens with two attached hydrogens (primary N) is 3. The van der Waals surface area contributed by atoms with Gasteiger partial charge in [-0.1, -0.05) is 66.2 Å². The van der Waals surface area contributed by atoms with Gasteiger partial charge in [0.25, 0.3) is 0 Å². The van der Waals surface area contributed by atoms with Gasteiger partial charge in [0.15, 0.2) is 5.96 Å². The van der Waals surface area contributed by atoms with E-state index in [0.29, 0.717) is 12.0 Å². The molecule has 1 aromatic carbocycles. The second-order valence-corrected chi connectivity index (χ2v) is 15.6. The molecule has 2 aromatic rings. The Labute approximate surface area is 333 Å². The fourth-order valence-corrected chi connectivity index (χ4v) is 6.62. The van der Waals surface area contributed by atoms with E-state index in [1.165, 1.54) is 0 Å². The number of hydrogen-bond donors (Lipinski definition) is 10. The Hall–Kier alpha value is -5.68. The molecule has 314 valence electrons. The van der Waals surface area contributed by atoms with Crippen molar-refractivity contribution in [2.45, 2.75) is 123 Å². The third-order valence-corrected chi connectivity index (χ3v) is 9.82. The minimum atomic E-state index is -1.54. The van der Waals surface area contributed by atoms with Gasteiger partial charge < -0.3 is 54.1 Å². The lowest BCUT2D eigenvalue weighted by Crippen LogP contribution is -2.62. The first kappa shape index (κ1) is 45.7. The lowest BCUT2D eigenvalue weighted by atomic mass is 9.95. The lowest BCUT2D eigenvalue weighted by Gasteiger charge is -2.31. The van der Waals surface area contributed by atoms with E-state index < -0.39 is 89.9 Å². The largest absolute Gasteiger partial charge is 0.370 e. The Morgan fingerprint density at radius 2 is 1.19 bits per heavy atom. The number of primary amides is 1. The van der Waals surface area contributed by atoms with Crippen molar-refractivity contribution in [1.82, 2.24) is 36.9 Å². The lowest BCUT2D eigenvalue weighted by molar-refractivity contribution is -0.138. The van der Waals surface area contributed by atoms with Gasteiger partial charge in [-0.25, -0.2) is 0 Å². The zero-order valence-corrected chi connectivity index (χ0v) is 33.8. The molecule has 1 aliphatic heterocycles. The quantitative estimate of drug-likeness (QED) is 0.0681. The Kier molecular flexibility index (Phi) is 17.3. The summed E-state index contributed by atoms with van der Waals surface area (Å²) in [5, 5.41) is 17.1. The van der Waals surface area contributed by atoms with Crippen LogP contribution in [0.5, 0.6) is 0 Å². The molecule has 0 unspecified atom stereocenters. The molecule has 2 heterocycles. The van der Waals surface area contributed by atoms with Gasteiger partial charge in [-0.2, -0.15) is 0 Å². The fraction of sp³-hybridized carbons (Fsp3) is 0.590. The molecule has 0 bridgehead atoms. The smallest absolute Gasteiger partial charge is 0.243 e. The van der Waals surface area contributed by atoms with Crippen molar-refractivity contribution in [3.8, 4) is 0 Å². The summed E-state index contributed by atoms with van der Waals surface area (Å²) in [5.41, 5.74) is 18.0. The van der Waals surface area contributed by atoms with Gasteiger partial charge in [-0.3, -0.25) is 38.6 Å². The van der Waals surface area contributed by atoms with Crippen LogP contribution in [0.2, 0.25) is 0 Å². The van der Waals surface area contributed by atoms with Crippen LogP contribution in [-0.2, 0) is 40.0 Å². The Bertz CT molecular complexity index is 1770. The van der Waals surface area contributed by atoms with Crippen molar-refractivity contribution < 1.29 is 33.6 Å². The van der Waals surface area contributed by atoms with Crippen molar-refractivity contribution in [2.24, 2.45) is 39.9 Å². The maximum absolute atomic E-state index is 14.3. The average Bonchev–Trinajstić information content (AvgIpc) is 3.54. The van der Waals surface area contributed by atoms with Crippen molar-refractivity contribution >= 4 is 58.2 Å². The number of carbonyl (C=O) groups excluding carboxylic acids is 7. The number of hydrogen-bond acceptors (Lipinski definition) is 8. The van der Waals surface area contributed by atoms with Gasteiger partial charge in [-0.15, -0.1) is 0 Å². The number of carbonyl (C=O) groups is 7. The molecule has 7 atom stereocenters. The SMILES string of the molecule is CC[C@@H](C)[C@@H]1NC(=O)[C@@H](CC(C)C)NC(=O)[C@H](CC(C)C)NC(=O)[C@H](Cc2c[nH]c3ccccc23)NC(=O)[C@@H](CCCN=C(N)N)NC(=O)[C@H](CC(N)=O)NC1=O. The van der Waals surface area contributed by atoms with E-state index in [0.717, 1.165) is 10.9 Å². The monoisotopic (exact) mass is 795 g/mol. The summed E-state index contributed by atoms with van der Waals surface area (Å²) in [5.74, 6) is -6.06. The average molecular weight is 796 g/mol. The van der Waals surface area contributed by atoms with E-state index in [9.17, 15) is 33.6 Å². The molecular weight excluding hydrogens is 734 g/mol. The van der Waals surface area contributed by atoms with Crippen LogP contribution in [0.3, 0.4) is 0 Å². The minimum Gasteiger partial charge on any atom is -0.370 e. The second kappa shape index (κ2) is 21.6. The van der Waals surface area contributed by atoms with Crippen LogP contribution in [0.1, 0.15) is 85.6 Å². The Morgan fingerprint density at radius 1 is 0.684 bits per heavy atom. The number of aromatic amines is 1. The van der Waals surface area contributed by atoms with Crippen molar-refractivity contribution in [2.75, 3.05) is 6.54 Å². The summed E-state index contributed by atoms with van der Waals surface area (Å²) in [6, 6.07) is -0.106. The summed E-state index contributed by atoms with van der Waals surface area (Å²) in [7, 11) is 0. The third-order valence-electron chi connectivity index (χ3n) is 9.82. The molecule has 7 amide bonds. The first-order valence-corrected chi connectivity index (χ1v) is 19.6. The Balaban J connectivity index is 2.17. The number of nitrogens with zero attached hydrogens (tertiary/aromatic N) is 1. The molecule has 0 radical (unpaired) electrons. The number of guanidine groups is 1. The minimum absolute atomic E-state index is 0.0119. The number of benzene rings is 1. The third kappa shape index (κ3) is 14.1. The molecule has 0 saturated carbocycles. The highest BCUT2D eigenvalue weighted by atomic mass is 16.2. The van der Waals surface area contributed by atoms with E-state index in [1.54, 1.807) is 13.1 Å². The molecule has 1 saturated heterocycles. The zero-order valence-electron chi connectivity index (χ0n) is 33.8. The topological polar surface area (TPSA) is 298 Å². The molecule has 0 aliphatic carbocycles. The van der Waals surface area contributed by atoms with Crippen LogP contribution in [0, 0.1) is 17.8 Å². The number of para-hydroxylation sites is 1. The number of rotatable bonds is 14. The number of aliphatic imine (C=N–C) groups is 1. The van der Waals surface area contributed by atoms with Crippen LogP contribution >= 0.6 is 0 Å². The summed E-state index contributed by atoms with van der Waals surface area (Å²) in [6.45, 7) is 11.1. The molecule has 18 heteroatoms. The van der Waals surface area contributed by atoms with Crippen LogP contribution in [0.4, 0.5) is 0 Å². The molecule has 57 heavy (non-hydrogen) atoms. The van der Waals surface area contributed by atoms with Crippen molar-refractivity contribution in [3.05, 3.63) is 36.0 Å². The summed E-state index contributed by atoms with van der Waals surface area (Å²) >= 11 is 0. The number of H-pyrrole nitrogens is 1. The molecule has 1 aromatic heterocycles. The number of nitrogens with one attached hydrogen (secondary N) is 7. The molecule has 13 N–H and O–H groups in total. The molecular formula is C39H61N11O7. The molecule has 0 spiro atoms. The maximum atomic E-state index is 14.3. The molecule has 1 aliphatic rings. The number of aromatic nitrogens is 1. The first-order chi connectivity index (χ1) is 26.9. The van der Waals surface area contributed by atoms with Crippen molar-refractivity contribution in [1.29, 1.82) is 0 Å². The predicted molar refractivity (Wildman–Crippen MR) is 216 cm³/mol. The summed E-state index contributed by atoms with van der Waals surface area (Å²) in [6.07, 6.45) is 2.11. The predicted octanol–water partition coefficient (Wildman–Crippen LogP) is -0.300. The maximum Gasteiger partial charge on any atom is 0.243 e. The van der Waals surface area contributed by atoms with E-state index in [-0.39, 0.29) is 56.4 Å². The summed E-state index contributed by atoms with van der Waals surface area (Å²) < 4.78 is 0.